The maximum absolute atomic E-state index is 12.2. The lowest BCUT2D eigenvalue weighted by molar-refractivity contribution is 0.572. The predicted molar refractivity (Wildman–Crippen MR) is 81.8 cm³/mol. The van der Waals surface area contributed by atoms with Crippen LogP contribution < -0.4 is 10.5 Å². The molecule has 1 unspecified atom stereocenters. The third-order valence-corrected chi connectivity index (χ3v) is 4.47. The van der Waals surface area contributed by atoms with Crippen molar-refractivity contribution < 1.29 is 8.42 Å². The largest absolute Gasteiger partial charge is 0.345 e. The molecule has 2 heterocycles. The Morgan fingerprint density at radius 3 is 2.90 bits per heavy atom. The molecule has 0 bridgehead atoms. The van der Waals surface area contributed by atoms with Gasteiger partial charge >= 0.3 is 0 Å². The zero-order valence-corrected chi connectivity index (χ0v) is 13.1. The number of nitrogens with two attached hydrogens (primary N) is 1. The molecule has 0 spiro atoms. The monoisotopic (exact) mass is 338 g/mol. The summed E-state index contributed by atoms with van der Waals surface area (Å²) < 4.78 is 26.9. The van der Waals surface area contributed by atoms with Crippen LogP contribution in [0.4, 0.5) is 0 Å². The second-order valence-electron chi connectivity index (χ2n) is 4.33. The van der Waals surface area contributed by atoms with Gasteiger partial charge in [-0.05, 0) is 19.4 Å². The normalized spacial score (nSPS) is 13.2. The van der Waals surface area contributed by atoms with Crippen LogP contribution in [-0.4, -0.2) is 31.0 Å². The second kappa shape index (κ2) is 6.73. The summed E-state index contributed by atoms with van der Waals surface area (Å²) in [5.41, 5.74) is 6.03. The van der Waals surface area contributed by atoms with Crippen LogP contribution in [0.25, 0.3) is 11.0 Å². The van der Waals surface area contributed by atoms with Gasteiger partial charge < -0.3 is 10.7 Å². The number of hydrogen-bond acceptors (Lipinski definition) is 4. The van der Waals surface area contributed by atoms with Crippen molar-refractivity contribution in [3.8, 4) is 0 Å². The van der Waals surface area contributed by atoms with E-state index < -0.39 is 10.0 Å². The molecule has 0 aliphatic carbocycles. The fourth-order valence-corrected chi connectivity index (χ4v) is 3.23. The van der Waals surface area contributed by atoms with E-state index in [4.69, 9.17) is 17.3 Å². The van der Waals surface area contributed by atoms with Crippen LogP contribution in [0.2, 0.25) is 5.02 Å². The number of pyridine rings is 1. The van der Waals surface area contributed by atoms with E-state index in [1.54, 1.807) is 6.07 Å². The van der Waals surface area contributed by atoms with Crippen molar-refractivity contribution in [1.82, 2.24) is 14.7 Å². The van der Waals surface area contributed by atoms with Crippen molar-refractivity contribution in [2.45, 2.75) is 24.3 Å². The maximum atomic E-state index is 12.2. The fraction of sp³-hybridized carbons (Fsp3) is 0.364. The molecule has 0 radical (unpaired) electrons. The Bertz CT molecular complexity index is 685. The molecule has 4 N–H and O–H groups in total. The van der Waals surface area contributed by atoms with E-state index in [0.717, 1.165) is 0 Å². The summed E-state index contributed by atoms with van der Waals surface area (Å²) in [5, 5.41) is 0.747. The minimum Gasteiger partial charge on any atom is -0.345 e. The van der Waals surface area contributed by atoms with Crippen LogP contribution in [0, 0.1) is 0 Å². The summed E-state index contributed by atoms with van der Waals surface area (Å²) in [4.78, 5) is 6.93. The molecule has 2 rings (SSSR count). The molecule has 0 aliphatic heterocycles. The van der Waals surface area contributed by atoms with E-state index in [1.165, 1.54) is 12.4 Å². The number of rotatable bonds is 5. The van der Waals surface area contributed by atoms with Crippen molar-refractivity contribution in [1.29, 1.82) is 0 Å². The molecule has 0 aromatic carbocycles. The lowest BCUT2D eigenvalue weighted by Gasteiger charge is -2.07. The number of aromatic amines is 1. The van der Waals surface area contributed by atoms with E-state index in [-0.39, 0.29) is 29.9 Å². The predicted octanol–water partition coefficient (Wildman–Crippen LogP) is 1.65. The number of nitrogens with zero attached hydrogens (tertiary/aromatic N) is 1. The zero-order chi connectivity index (χ0) is 14.0. The Balaban J connectivity index is 0.00000200. The molecule has 9 heteroatoms. The summed E-state index contributed by atoms with van der Waals surface area (Å²) in [6, 6.07) is 1.49. The van der Waals surface area contributed by atoms with Crippen molar-refractivity contribution in [3.63, 3.8) is 0 Å². The average molecular weight is 339 g/mol. The molecule has 0 saturated carbocycles. The first kappa shape index (κ1) is 17.2. The van der Waals surface area contributed by atoms with Gasteiger partial charge in [0, 0.05) is 25.0 Å². The Kier molecular flexibility index (Phi) is 5.79. The lowest BCUT2D eigenvalue weighted by atomic mass is 10.3. The van der Waals surface area contributed by atoms with Crippen LogP contribution >= 0.6 is 24.0 Å². The van der Waals surface area contributed by atoms with Gasteiger partial charge in [-0.15, -0.1) is 12.4 Å². The van der Waals surface area contributed by atoms with Crippen molar-refractivity contribution >= 4 is 45.1 Å². The molecule has 0 amide bonds. The number of hydrogen-bond donors (Lipinski definition) is 3. The molecule has 6 nitrogen and oxygen atoms in total. The van der Waals surface area contributed by atoms with Gasteiger partial charge in [-0.3, -0.25) is 0 Å². The summed E-state index contributed by atoms with van der Waals surface area (Å²) in [7, 11) is -3.62. The van der Waals surface area contributed by atoms with E-state index in [0.29, 0.717) is 22.5 Å². The van der Waals surface area contributed by atoms with E-state index in [1.807, 2.05) is 6.92 Å². The number of halogens is 2. The first-order valence-corrected chi connectivity index (χ1v) is 7.65. The van der Waals surface area contributed by atoms with Gasteiger partial charge in [-0.2, -0.15) is 0 Å². The van der Waals surface area contributed by atoms with Gasteiger partial charge in [-0.25, -0.2) is 18.1 Å². The highest BCUT2D eigenvalue weighted by Crippen LogP contribution is 2.27. The highest BCUT2D eigenvalue weighted by atomic mass is 35.5. The average Bonchev–Trinajstić information content (AvgIpc) is 2.74. The van der Waals surface area contributed by atoms with Crippen LogP contribution in [0.3, 0.4) is 0 Å². The maximum Gasteiger partial charge on any atom is 0.242 e. The Hall–Kier alpha value is -0.860. The van der Waals surface area contributed by atoms with E-state index in [9.17, 15) is 8.42 Å². The first-order chi connectivity index (χ1) is 8.92. The number of sulfonamides is 1. The molecule has 0 fully saturated rings. The van der Waals surface area contributed by atoms with Gasteiger partial charge in [0.15, 0.2) is 0 Å². The zero-order valence-electron chi connectivity index (χ0n) is 10.8. The number of nitrogens with one attached hydrogen (secondary N) is 2. The highest BCUT2D eigenvalue weighted by Gasteiger charge is 2.20. The SMILES string of the molecule is CC(N)CCNS(=O)(=O)c1c[nH]c2nccc(Cl)c12.Cl. The van der Waals surface area contributed by atoms with Crippen molar-refractivity contribution in [2.24, 2.45) is 5.73 Å². The fourth-order valence-electron chi connectivity index (χ4n) is 1.70. The third kappa shape index (κ3) is 3.62. The standard InChI is InChI=1S/C11H15ClN4O2S.ClH/c1-7(13)2-5-16-19(17,18)9-6-15-11-10(9)8(12)3-4-14-11;/h3-4,6-7,16H,2,5,13H2,1H3,(H,14,15);1H. The Labute approximate surface area is 128 Å². The van der Waals surface area contributed by atoms with Gasteiger partial charge in [-0.1, -0.05) is 11.6 Å². The van der Waals surface area contributed by atoms with Gasteiger partial charge in [0.25, 0.3) is 0 Å². The lowest BCUT2D eigenvalue weighted by Crippen LogP contribution is -2.29. The molecule has 0 aliphatic rings. The molecular formula is C11H16Cl2N4O2S. The van der Waals surface area contributed by atoms with Gasteiger partial charge in [0.2, 0.25) is 10.0 Å². The van der Waals surface area contributed by atoms with Crippen LogP contribution in [0.5, 0.6) is 0 Å². The van der Waals surface area contributed by atoms with Crippen LogP contribution in [0.15, 0.2) is 23.4 Å². The van der Waals surface area contributed by atoms with Gasteiger partial charge in [0.05, 0.1) is 10.4 Å². The third-order valence-electron chi connectivity index (χ3n) is 2.67. The smallest absolute Gasteiger partial charge is 0.242 e. The minimum absolute atomic E-state index is 0. The van der Waals surface area contributed by atoms with Crippen molar-refractivity contribution in [2.75, 3.05) is 6.54 Å². The molecule has 2 aromatic rings. The highest BCUT2D eigenvalue weighted by molar-refractivity contribution is 7.89. The number of fused-ring (bicyclic) bond motifs is 1. The van der Waals surface area contributed by atoms with E-state index >= 15 is 0 Å². The number of aromatic nitrogens is 2. The van der Waals surface area contributed by atoms with Crippen molar-refractivity contribution in [3.05, 3.63) is 23.5 Å². The van der Waals surface area contributed by atoms with Gasteiger partial charge in [0.1, 0.15) is 10.5 Å². The molecular weight excluding hydrogens is 323 g/mol. The summed E-state index contributed by atoms with van der Waals surface area (Å²) in [6.07, 6.45) is 3.46. The first-order valence-electron chi connectivity index (χ1n) is 5.78. The summed E-state index contributed by atoms with van der Waals surface area (Å²) >= 11 is 6.02. The summed E-state index contributed by atoms with van der Waals surface area (Å²) in [6.45, 7) is 2.10. The van der Waals surface area contributed by atoms with E-state index in [2.05, 4.69) is 14.7 Å². The summed E-state index contributed by atoms with van der Waals surface area (Å²) in [5.74, 6) is 0. The minimum atomic E-state index is -3.62. The molecule has 1 atom stereocenters. The van der Waals surface area contributed by atoms with Crippen LogP contribution in [0.1, 0.15) is 13.3 Å². The molecule has 0 saturated heterocycles. The quantitative estimate of drug-likeness (QED) is 0.771. The molecule has 20 heavy (non-hydrogen) atoms. The topological polar surface area (TPSA) is 101 Å². The Morgan fingerprint density at radius 1 is 1.55 bits per heavy atom. The Morgan fingerprint density at radius 2 is 2.25 bits per heavy atom. The van der Waals surface area contributed by atoms with Crippen LogP contribution in [-0.2, 0) is 10.0 Å². The molecule has 112 valence electrons. The molecule has 2 aromatic heterocycles. The number of H-pyrrole nitrogens is 1. The second-order valence-corrected chi connectivity index (χ2v) is 6.48.